The van der Waals surface area contributed by atoms with Crippen LogP contribution in [0.2, 0.25) is 0 Å². The normalized spacial score (nSPS) is 10.7. The molecule has 0 saturated heterocycles. The summed E-state index contributed by atoms with van der Waals surface area (Å²) in [6.45, 7) is 0. The molecule has 0 bridgehead atoms. The number of aromatic nitrogens is 2. The van der Waals surface area contributed by atoms with Crippen LogP contribution in [0.25, 0.3) is 20.5 Å². The fourth-order valence-electron chi connectivity index (χ4n) is 1.58. The first-order valence-corrected chi connectivity index (χ1v) is 7.95. The first-order chi connectivity index (χ1) is 9.22. The van der Waals surface area contributed by atoms with Crippen LogP contribution in [0.1, 0.15) is 4.88 Å². The zero-order chi connectivity index (χ0) is 13.2. The molecule has 3 aromatic rings. The molecule has 3 aromatic heterocycles. The highest BCUT2D eigenvalue weighted by atomic mass is 32.1. The van der Waals surface area contributed by atoms with Crippen LogP contribution >= 0.6 is 34.0 Å². The van der Waals surface area contributed by atoms with E-state index in [4.69, 9.17) is 5.11 Å². The summed E-state index contributed by atoms with van der Waals surface area (Å²) in [4.78, 5) is 22.2. The van der Waals surface area contributed by atoms with Crippen LogP contribution in [0, 0.1) is 0 Å². The van der Waals surface area contributed by atoms with Gasteiger partial charge in [-0.2, -0.15) is 0 Å². The molecule has 0 atom stereocenters. The van der Waals surface area contributed by atoms with Crippen molar-refractivity contribution < 1.29 is 9.90 Å². The zero-order valence-electron chi connectivity index (χ0n) is 9.57. The fourth-order valence-corrected chi connectivity index (χ4v) is 4.13. The second-order valence-electron chi connectivity index (χ2n) is 3.74. The standard InChI is InChI=1S/C12H8N2O2S3/c15-11(16)3-7-1-2-9(19-7)8-5-17-12(14-8)10-4-13-6-18-10/h1-2,4-6H,3H2,(H,15,16). The van der Waals surface area contributed by atoms with E-state index in [0.717, 1.165) is 25.3 Å². The van der Waals surface area contributed by atoms with Crippen molar-refractivity contribution in [3.63, 3.8) is 0 Å². The Labute approximate surface area is 121 Å². The molecule has 0 spiro atoms. The molecule has 0 saturated carbocycles. The third-order valence-electron chi connectivity index (χ3n) is 2.39. The van der Waals surface area contributed by atoms with Gasteiger partial charge < -0.3 is 5.11 Å². The predicted molar refractivity (Wildman–Crippen MR) is 77.9 cm³/mol. The Morgan fingerprint density at radius 3 is 2.89 bits per heavy atom. The van der Waals surface area contributed by atoms with Crippen molar-refractivity contribution >= 4 is 40.0 Å². The minimum Gasteiger partial charge on any atom is -0.481 e. The predicted octanol–water partition coefficient (Wildman–Crippen LogP) is 3.62. The third-order valence-corrected chi connectivity index (χ3v) is 5.28. The Hall–Kier alpha value is -1.57. The van der Waals surface area contributed by atoms with Crippen LogP contribution < -0.4 is 0 Å². The lowest BCUT2D eigenvalue weighted by atomic mass is 10.3. The second kappa shape index (κ2) is 5.20. The summed E-state index contributed by atoms with van der Waals surface area (Å²) in [5, 5.41) is 11.7. The van der Waals surface area contributed by atoms with E-state index >= 15 is 0 Å². The molecule has 96 valence electrons. The van der Waals surface area contributed by atoms with Crippen molar-refractivity contribution in [1.29, 1.82) is 0 Å². The maximum Gasteiger partial charge on any atom is 0.308 e. The van der Waals surface area contributed by atoms with E-state index < -0.39 is 5.97 Å². The molecule has 3 rings (SSSR count). The molecule has 0 aliphatic rings. The van der Waals surface area contributed by atoms with Gasteiger partial charge in [0.25, 0.3) is 0 Å². The van der Waals surface area contributed by atoms with E-state index in [1.54, 1.807) is 34.4 Å². The first kappa shape index (κ1) is 12.5. The lowest BCUT2D eigenvalue weighted by molar-refractivity contribution is -0.136. The van der Waals surface area contributed by atoms with E-state index in [0.29, 0.717) is 0 Å². The maximum absolute atomic E-state index is 10.7. The highest BCUT2D eigenvalue weighted by Crippen LogP contribution is 2.33. The molecular formula is C12H8N2O2S3. The molecule has 0 aromatic carbocycles. The number of nitrogens with zero attached hydrogens (tertiary/aromatic N) is 2. The minimum atomic E-state index is -0.808. The van der Waals surface area contributed by atoms with Crippen LogP contribution in [0.3, 0.4) is 0 Å². The second-order valence-corrected chi connectivity index (χ2v) is 6.65. The zero-order valence-corrected chi connectivity index (χ0v) is 12.0. The maximum atomic E-state index is 10.7. The summed E-state index contributed by atoms with van der Waals surface area (Å²) in [6, 6.07) is 3.77. The summed E-state index contributed by atoms with van der Waals surface area (Å²) in [7, 11) is 0. The lowest BCUT2D eigenvalue weighted by Crippen LogP contribution is -1.96. The van der Waals surface area contributed by atoms with Gasteiger partial charge in [-0.25, -0.2) is 4.98 Å². The fraction of sp³-hybridized carbons (Fsp3) is 0.0833. The van der Waals surface area contributed by atoms with Crippen LogP contribution in [0.15, 0.2) is 29.2 Å². The van der Waals surface area contributed by atoms with Gasteiger partial charge >= 0.3 is 5.97 Å². The topological polar surface area (TPSA) is 63.1 Å². The Balaban J connectivity index is 1.86. The Kier molecular flexibility index (Phi) is 3.41. The Morgan fingerprint density at radius 2 is 2.16 bits per heavy atom. The van der Waals surface area contributed by atoms with E-state index in [-0.39, 0.29) is 6.42 Å². The number of hydrogen-bond donors (Lipinski definition) is 1. The van der Waals surface area contributed by atoms with Crippen LogP contribution in [0.5, 0.6) is 0 Å². The van der Waals surface area contributed by atoms with Crippen molar-refractivity contribution in [3.8, 4) is 20.5 Å². The molecule has 7 heteroatoms. The quantitative estimate of drug-likeness (QED) is 0.799. The number of carbonyl (C=O) groups is 1. The summed E-state index contributed by atoms with van der Waals surface area (Å²) in [5.41, 5.74) is 2.68. The molecule has 19 heavy (non-hydrogen) atoms. The molecule has 4 nitrogen and oxygen atoms in total. The van der Waals surface area contributed by atoms with Gasteiger partial charge in [0, 0.05) is 16.5 Å². The van der Waals surface area contributed by atoms with Crippen molar-refractivity contribution in [3.05, 3.63) is 34.1 Å². The van der Waals surface area contributed by atoms with E-state index in [1.165, 1.54) is 11.3 Å². The average Bonchev–Trinajstić information content (AvgIpc) is 3.09. The van der Waals surface area contributed by atoms with Gasteiger partial charge in [0.15, 0.2) is 0 Å². The highest BCUT2D eigenvalue weighted by Gasteiger charge is 2.11. The first-order valence-electron chi connectivity index (χ1n) is 5.37. The lowest BCUT2D eigenvalue weighted by Gasteiger charge is -1.90. The van der Waals surface area contributed by atoms with E-state index in [1.807, 2.05) is 17.5 Å². The number of thiazole rings is 2. The molecule has 0 fully saturated rings. The van der Waals surface area contributed by atoms with Gasteiger partial charge in [-0.05, 0) is 12.1 Å². The minimum absolute atomic E-state index is 0.0660. The molecule has 0 radical (unpaired) electrons. The van der Waals surface area contributed by atoms with Gasteiger partial charge in [-0.15, -0.1) is 34.0 Å². The van der Waals surface area contributed by atoms with Crippen LogP contribution in [-0.4, -0.2) is 21.0 Å². The number of thiophene rings is 1. The van der Waals surface area contributed by atoms with Gasteiger partial charge in [-0.1, -0.05) is 0 Å². The van der Waals surface area contributed by atoms with E-state index in [2.05, 4.69) is 9.97 Å². The molecule has 0 unspecified atom stereocenters. The SMILES string of the molecule is O=C(O)Cc1ccc(-c2csc(-c3cncs3)n2)s1. The molecule has 3 heterocycles. The van der Waals surface area contributed by atoms with E-state index in [9.17, 15) is 4.79 Å². The smallest absolute Gasteiger partial charge is 0.308 e. The summed E-state index contributed by atoms with van der Waals surface area (Å²) in [5.74, 6) is -0.808. The van der Waals surface area contributed by atoms with Crippen LogP contribution in [-0.2, 0) is 11.2 Å². The number of carboxylic acid groups (broad SMARTS) is 1. The third kappa shape index (κ3) is 2.73. The van der Waals surface area contributed by atoms with Crippen LogP contribution in [0.4, 0.5) is 0 Å². The Bertz CT molecular complexity index is 700. The van der Waals surface area contributed by atoms with Gasteiger partial charge in [0.2, 0.25) is 0 Å². The summed E-state index contributed by atoms with van der Waals surface area (Å²) >= 11 is 4.61. The molecule has 0 aliphatic carbocycles. The van der Waals surface area contributed by atoms with Gasteiger partial charge in [-0.3, -0.25) is 9.78 Å². The Morgan fingerprint density at radius 1 is 1.26 bits per heavy atom. The van der Waals surface area contributed by atoms with Crippen molar-refractivity contribution in [2.75, 3.05) is 0 Å². The van der Waals surface area contributed by atoms with Crippen molar-refractivity contribution in [2.45, 2.75) is 6.42 Å². The number of aliphatic carboxylic acids is 1. The summed E-state index contributed by atoms with van der Waals surface area (Å²) in [6.07, 6.45) is 1.87. The average molecular weight is 308 g/mol. The summed E-state index contributed by atoms with van der Waals surface area (Å²) < 4.78 is 0. The molecular weight excluding hydrogens is 300 g/mol. The molecule has 1 N–H and O–H groups in total. The van der Waals surface area contributed by atoms with Crippen molar-refractivity contribution in [2.24, 2.45) is 0 Å². The monoisotopic (exact) mass is 308 g/mol. The highest BCUT2D eigenvalue weighted by molar-refractivity contribution is 7.20. The van der Waals surface area contributed by atoms with Gasteiger partial charge in [0.1, 0.15) is 5.01 Å². The van der Waals surface area contributed by atoms with Crippen molar-refractivity contribution in [1.82, 2.24) is 9.97 Å². The number of carboxylic acids is 1. The largest absolute Gasteiger partial charge is 0.481 e. The molecule has 0 amide bonds. The number of rotatable bonds is 4. The number of hydrogen-bond acceptors (Lipinski definition) is 6. The molecule has 0 aliphatic heterocycles. The van der Waals surface area contributed by atoms with Gasteiger partial charge in [0.05, 0.1) is 27.4 Å².